The topological polar surface area (TPSA) is 46.1 Å². The van der Waals surface area contributed by atoms with Gasteiger partial charge in [-0.15, -0.1) is 11.8 Å². The van der Waals surface area contributed by atoms with Crippen LogP contribution in [0.3, 0.4) is 0 Å². The van der Waals surface area contributed by atoms with Crippen molar-refractivity contribution in [3.8, 4) is 11.5 Å². The van der Waals surface area contributed by atoms with Gasteiger partial charge in [0.15, 0.2) is 0 Å². The summed E-state index contributed by atoms with van der Waals surface area (Å²) in [5.74, 6) is 2.06. The van der Waals surface area contributed by atoms with Gasteiger partial charge in [-0.3, -0.25) is 10.3 Å². The van der Waals surface area contributed by atoms with Crippen molar-refractivity contribution >= 4 is 34.9 Å². The Kier molecular flexibility index (Phi) is 5.36. The lowest BCUT2D eigenvalue weighted by Crippen LogP contribution is -2.51. The van der Waals surface area contributed by atoms with Crippen molar-refractivity contribution in [2.45, 2.75) is 36.4 Å². The van der Waals surface area contributed by atoms with Gasteiger partial charge < -0.3 is 9.47 Å². The minimum atomic E-state index is -4.53. The Bertz CT molecular complexity index is 1090. The maximum Gasteiger partial charge on any atom is 0.429 e. The molecule has 1 saturated carbocycles. The molecule has 0 amide bonds. The summed E-state index contributed by atoms with van der Waals surface area (Å²) in [7, 11) is 3.08. The first kappa shape index (κ1) is 21.6. The molecule has 2 aromatic rings. The van der Waals surface area contributed by atoms with E-state index in [0.717, 1.165) is 29.7 Å². The lowest BCUT2D eigenvalue weighted by molar-refractivity contribution is -0.151. The van der Waals surface area contributed by atoms with Gasteiger partial charge >= 0.3 is 6.18 Å². The second-order valence-corrected chi connectivity index (χ2v) is 9.48. The van der Waals surface area contributed by atoms with Crippen LogP contribution >= 0.6 is 23.4 Å². The third-order valence-electron chi connectivity index (χ3n) is 5.94. The number of nitrogens with one attached hydrogen (secondary N) is 1. The first-order valence-electron chi connectivity index (χ1n) is 10.2. The summed E-state index contributed by atoms with van der Waals surface area (Å²) in [6.45, 7) is 0. The number of methoxy groups -OCH3 is 2. The largest absolute Gasteiger partial charge is 0.496 e. The van der Waals surface area contributed by atoms with Crippen LogP contribution in [0.25, 0.3) is 0 Å². The molecule has 0 spiro atoms. The maximum absolute atomic E-state index is 13.9. The molecule has 0 radical (unpaired) electrons. The number of nitrogens with zero attached hydrogens (tertiary/aromatic N) is 2. The number of anilines is 1. The molecule has 0 aromatic heterocycles. The van der Waals surface area contributed by atoms with Gasteiger partial charge in [0.05, 0.1) is 30.9 Å². The molecule has 1 unspecified atom stereocenters. The smallest absolute Gasteiger partial charge is 0.429 e. The lowest BCUT2D eigenvalue weighted by atomic mass is 9.94. The number of benzene rings is 2. The summed E-state index contributed by atoms with van der Waals surface area (Å²) in [4.78, 5) is 1.20. The van der Waals surface area contributed by atoms with Crippen molar-refractivity contribution in [1.29, 1.82) is 0 Å². The first-order chi connectivity index (χ1) is 15.3. The van der Waals surface area contributed by atoms with Crippen LogP contribution in [0.2, 0.25) is 5.02 Å². The molecule has 2 atom stereocenters. The molecular weight excluding hydrogens is 463 g/mol. The fourth-order valence-electron chi connectivity index (χ4n) is 4.47. The van der Waals surface area contributed by atoms with Crippen LogP contribution in [0.15, 0.2) is 35.4 Å². The Morgan fingerprint density at radius 2 is 1.88 bits per heavy atom. The number of alkyl halides is 3. The van der Waals surface area contributed by atoms with E-state index in [-0.39, 0.29) is 11.0 Å². The maximum atomic E-state index is 13.9. The SMILES string of the molecule is COc1cccc([C@H]2SCC3=NNC(C(F)(F)F)N3c3c(OC)cc(Cl)cc32)c1C1CC1. The third-order valence-corrected chi connectivity index (χ3v) is 7.43. The highest BCUT2D eigenvalue weighted by Gasteiger charge is 2.51. The average molecular weight is 484 g/mol. The summed E-state index contributed by atoms with van der Waals surface area (Å²) in [5.41, 5.74) is 5.40. The predicted octanol–water partition coefficient (Wildman–Crippen LogP) is 5.68. The van der Waals surface area contributed by atoms with Gasteiger partial charge in [0.2, 0.25) is 6.17 Å². The summed E-state index contributed by atoms with van der Waals surface area (Å²) in [5, 5.41) is 4.17. The molecule has 3 aliphatic rings. The fourth-order valence-corrected chi connectivity index (χ4v) is 5.95. The Labute approximate surface area is 192 Å². The molecule has 2 aliphatic heterocycles. The highest BCUT2D eigenvalue weighted by atomic mass is 35.5. The van der Waals surface area contributed by atoms with E-state index < -0.39 is 12.3 Å². The number of hydrazone groups is 1. The molecule has 2 heterocycles. The van der Waals surface area contributed by atoms with Crippen molar-refractivity contribution < 1.29 is 22.6 Å². The standard InChI is InChI=1S/C22H21ClF3N3O2S/c1-30-15-5-3-4-13(18(15)11-6-7-11)20-14-8-12(23)9-16(31-2)19(14)29-17(10-32-20)27-28-21(29)22(24,25)26/h3-5,8-9,11,20-21,28H,6-7,10H2,1-2H3/t20-,21?/m1/s1. The molecule has 0 bridgehead atoms. The zero-order chi connectivity index (χ0) is 22.6. The molecule has 32 heavy (non-hydrogen) atoms. The predicted molar refractivity (Wildman–Crippen MR) is 120 cm³/mol. The van der Waals surface area contributed by atoms with Crippen molar-refractivity contribution in [2.75, 3.05) is 24.9 Å². The van der Waals surface area contributed by atoms with E-state index in [2.05, 4.69) is 10.5 Å². The van der Waals surface area contributed by atoms with E-state index in [1.165, 1.54) is 23.8 Å². The monoisotopic (exact) mass is 483 g/mol. The molecule has 1 N–H and O–H groups in total. The summed E-state index contributed by atoms with van der Waals surface area (Å²) < 4.78 is 52.9. The quantitative estimate of drug-likeness (QED) is 0.606. The van der Waals surface area contributed by atoms with Crippen molar-refractivity contribution in [3.05, 3.63) is 52.0 Å². The van der Waals surface area contributed by atoms with Gasteiger partial charge in [-0.1, -0.05) is 23.7 Å². The van der Waals surface area contributed by atoms with Crippen molar-refractivity contribution in [2.24, 2.45) is 5.10 Å². The van der Waals surface area contributed by atoms with Crippen LogP contribution in [0.4, 0.5) is 18.9 Å². The second-order valence-electron chi connectivity index (χ2n) is 7.95. The molecule has 10 heteroatoms. The molecule has 5 rings (SSSR count). The molecule has 2 aromatic carbocycles. The van der Waals surface area contributed by atoms with Gasteiger partial charge in [0.1, 0.15) is 17.3 Å². The van der Waals surface area contributed by atoms with Crippen molar-refractivity contribution in [1.82, 2.24) is 5.43 Å². The van der Waals surface area contributed by atoms with Crippen LogP contribution in [-0.4, -0.2) is 38.2 Å². The molecule has 0 saturated heterocycles. The molecule has 5 nitrogen and oxygen atoms in total. The Hall–Kier alpha value is -2.26. The van der Waals surface area contributed by atoms with E-state index in [1.807, 2.05) is 18.2 Å². The number of fused-ring (bicyclic) bond motifs is 3. The van der Waals surface area contributed by atoms with Gasteiger partial charge in [-0.25, -0.2) is 0 Å². The van der Waals surface area contributed by atoms with E-state index in [4.69, 9.17) is 21.1 Å². The minimum Gasteiger partial charge on any atom is -0.496 e. The number of hydrogen-bond donors (Lipinski definition) is 1. The first-order valence-corrected chi connectivity index (χ1v) is 11.6. The zero-order valence-corrected chi connectivity index (χ0v) is 18.9. The Morgan fingerprint density at radius 1 is 1.12 bits per heavy atom. The van der Waals surface area contributed by atoms with Crippen LogP contribution < -0.4 is 19.8 Å². The number of halogens is 4. The van der Waals surface area contributed by atoms with Crippen LogP contribution in [0, 0.1) is 0 Å². The Balaban J connectivity index is 1.74. The number of hydrogen-bond acceptors (Lipinski definition) is 6. The fraction of sp³-hybridized carbons (Fsp3) is 0.409. The Morgan fingerprint density at radius 3 is 2.53 bits per heavy atom. The minimum absolute atomic E-state index is 0.259. The summed E-state index contributed by atoms with van der Waals surface area (Å²) in [6, 6.07) is 9.17. The summed E-state index contributed by atoms with van der Waals surface area (Å²) >= 11 is 7.93. The second kappa shape index (κ2) is 7.95. The van der Waals surface area contributed by atoms with Crippen LogP contribution in [0.5, 0.6) is 11.5 Å². The van der Waals surface area contributed by atoms with Crippen LogP contribution in [-0.2, 0) is 0 Å². The molecule has 170 valence electrons. The zero-order valence-electron chi connectivity index (χ0n) is 17.4. The lowest BCUT2D eigenvalue weighted by Gasteiger charge is -2.31. The number of thioether (sulfide) groups is 1. The number of amidine groups is 1. The van der Waals surface area contributed by atoms with E-state index in [9.17, 15) is 13.2 Å². The van der Waals surface area contributed by atoms with Gasteiger partial charge in [0, 0.05) is 16.7 Å². The van der Waals surface area contributed by atoms with E-state index >= 15 is 0 Å². The number of ether oxygens (including phenoxy) is 2. The van der Waals surface area contributed by atoms with Gasteiger partial charge in [-0.2, -0.15) is 18.3 Å². The molecular formula is C22H21ClF3N3O2S. The highest BCUT2D eigenvalue weighted by Crippen LogP contribution is 2.55. The van der Waals surface area contributed by atoms with Crippen LogP contribution in [0.1, 0.15) is 40.7 Å². The van der Waals surface area contributed by atoms with E-state index in [0.29, 0.717) is 33.8 Å². The van der Waals surface area contributed by atoms with Gasteiger partial charge in [-0.05, 0) is 42.0 Å². The molecule has 1 fully saturated rings. The molecule has 1 aliphatic carbocycles. The van der Waals surface area contributed by atoms with E-state index in [1.54, 1.807) is 19.2 Å². The normalized spacial score (nSPS) is 22.4. The average Bonchev–Trinajstić information content (AvgIpc) is 3.53. The third kappa shape index (κ3) is 3.55. The summed E-state index contributed by atoms with van der Waals surface area (Å²) in [6.07, 6.45) is -4.38. The van der Waals surface area contributed by atoms with Crippen molar-refractivity contribution in [3.63, 3.8) is 0 Å². The highest BCUT2D eigenvalue weighted by molar-refractivity contribution is 8.00. The van der Waals surface area contributed by atoms with Gasteiger partial charge in [0.25, 0.3) is 0 Å². The number of rotatable bonds is 4.